The Morgan fingerprint density at radius 2 is 1.86 bits per heavy atom. The molecule has 0 spiro atoms. The minimum atomic E-state index is -0.375. The third kappa shape index (κ3) is 3.58. The second-order valence-corrected chi connectivity index (χ2v) is 8.77. The Bertz CT molecular complexity index is 1660. The van der Waals surface area contributed by atoms with Gasteiger partial charge in [0.1, 0.15) is 17.7 Å². The summed E-state index contributed by atoms with van der Waals surface area (Å²) in [7, 11) is 0. The number of furan rings is 1. The first kappa shape index (κ1) is 21.2. The zero-order chi connectivity index (χ0) is 24.1. The van der Waals surface area contributed by atoms with Crippen LogP contribution in [0.5, 0.6) is 11.5 Å². The predicted molar refractivity (Wildman–Crippen MR) is 130 cm³/mol. The second kappa shape index (κ2) is 8.16. The summed E-state index contributed by atoms with van der Waals surface area (Å²) < 4.78 is 21.0. The number of rotatable bonds is 5. The van der Waals surface area contributed by atoms with Crippen LogP contribution in [0.1, 0.15) is 21.7 Å². The molecule has 8 nitrogen and oxygen atoms in total. The van der Waals surface area contributed by atoms with Crippen molar-refractivity contribution in [2.24, 2.45) is 0 Å². The number of carbonyl (C=O) groups is 1. The summed E-state index contributed by atoms with van der Waals surface area (Å²) in [6.07, 6.45) is 1.23. The highest BCUT2D eigenvalue weighted by Crippen LogP contribution is 2.31. The van der Waals surface area contributed by atoms with Crippen molar-refractivity contribution in [3.05, 3.63) is 88.2 Å². The Hall–Kier alpha value is -4.33. The van der Waals surface area contributed by atoms with Gasteiger partial charge in [-0.3, -0.25) is 14.2 Å². The average Bonchev–Trinajstić information content (AvgIpc) is 3.39. The molecule has 8 heteroatoms. The molecule has 1 atom stereocenters. The van der Waals surface area contributed by atoms with Gasteiger partial charge in [-0.1, -0.05) is 24.3 Å². The maximum Gasteiger partial charge on any atom is 0.297 e. The molecule has 0 radical (unpaired) electrons. The van der Waals surface area contributed by atoms with Crippen LogP contribution in [0.15, 0.2) is 70.1 Å². The fourth-order valence-corrected chi connectivity index (χ4v) is 4.69. The molecule has 6 rings (SSSR count). The molecule has 2 aromatic carbocycles. The quantitative estimate of drug-likeness (QED) is 0.357. The van der Waals surface area contributed by atoms with E-state index in [0.717, 1.165) is 28.3 Å². The number of Topliss-reactive ketones (excluding diaryl/α,β-unsaturated/α-hetero) is 1. The van der Waals surface area contributed by atoms with Crippen LogP contribution >= 0.6 is 0 Å². The summed E-state index contributed by atoms with van der Waals surface area (Å²) in [6, 6.07) is 16.8. The highest BCUT2D eigenvalue weighted by Gasteiger charge is 2.24. The smallest absolute Gasteiger partial charge is 0.297 e. The molecule has 0 amide bonds. The van der Waals surface area contributed by atoms with E-state index in [1.807, 2.05) is 62.4 Å². The largest absolute Gasteiger partial charge is 0.486 e. The minimum absolute atomic E-state index is 0.125. The van der Waals surface area contributed by atoms with Gasteiger partial charge in [-0.25, -0.2) is 4.98 Å². The lowest BCUT2D eigenvalue weighted by molar-refractivity contribution is 0.0777. The van der Waals surface area contributed by atoms with Gasteiger partial charge in [0.05, 0.1) is 19.4 Å². The maximum atomic E-state index is 13.2. The van der Waals surface area contributed by atoms with Gasteiger partial charge in [0, 0.05) is 22.3 Å². The molecule has 1 aliphatic rings. The maximum absolute atomic E-state index is 13.2. The summed E-state index contributed by atoms with van der Waals surface area (Å²) in [5.74, 6) is 1.28. The number of fused-ring (bicyclic) bond motifs is 4. The van der Waals surface area contributed by atoms with E-state index in [1.54, 1.807) is 6.07 Å². The molecule has 0 saturated heterocycles. The Balaban J connectivity index is 1.25. The van der Waals surface area contributed by atoms with Crippen LogP contribution in [0, 0.1) is 13.8 Å². The monoisotopic (exact) mass is 469 g/mol. The van der Waals surface area contributed by atoms with Crippen molar-refractivity contribution in [2.75, 3.05) is 6.61 Å². The van der Waals surface area contributed by atoms with Crippen LogP contribution in [0.2, 0.25) is 0 Å². The highest BCUT2D eigenvalue weighted by atomic mass is 16.6. The molecule has 0 fully saturated rings. The standard InChI is InChI=1S/C27H23N3O5/c1-16-11-20(17(2)30(16)12-18-14-33-23-9-5-6-10-24(23)34-18)21(31)13-29-15-28-25-19-7-3-4-8-22(19)35-26(25)27(29)32/h3-11,15,18H,12-14H2,1-2H3. The Labute approximate surface area is 200 Å². The van der Waals surface area contributed by atoms with Crippen LogP contribution in [-0.2, 0) is 13.1 Å². The van der Waals surface area contributed by atoms with Crippen molar-refractivity contribution in [1.29, 1.82) is 0 Å². The van der Waals surface area contributed by atoms with Gasteiger partial charge in [0.15, 0.2) is 23.4 Å². The van der Waals surface area contributed by atoms with Gasteiger partial charge in [-0.05, 0) is 44.2 Å². The molecule has 5 aromatic rings. The van der Waals surface area contributed by atoms with Crippen LogP contribution in [0.4, 0.5) is 0 Å². The topological polar surface area (TPSA) is 88.5 Å². The molecule has 1 unspecified atom stereocenters. The first-order valence-corrected chi connectivity index (χ1v) is 11.4. The lowest BCUT2D eigenvalue weighted by Gasteiger charge is -2.27. The number of hydrogen-bond donors (Lipinski definition) is 0. The summed E-state index contributed by atoms with van der Waals surface area (Å²) in [5, 5.41) is 0.776. The molecular formula is C27H23N3O5. The third-order valence-electron chi connectivity index (χ3n) is 6.49. The van der Waals surface area contributed by atoms with Gasteiger partial charge in [-0.15, -0.1) is 0 Å². The molecule has 0 bridgehead atoms. The Morgan fingerprint density at radius 1 is 1.09 bits per heavy atom. The molecule has 0 saturated carbocycles. The van der Waals surface area contributed by atoms with Gasteiger partial charge < -0.3 is 18.5 Å². The van der Waals surface area contributed by atoms with E-state index in [0.29, 0.717) is 29.8 Å². The number of ether oxygens (including phenoxy) is 2. The fourth-order valence-electron chi connectivity index (χ4n) is 4.69. The first-order chi connectivity index (χ1) is 17.0. The van der Waals surface area contributed by atoms with E-state index in [1.165, 1.54) is 10.9 Å². The number of para-hydroxylation sites is 3. The van der Waals surface area contributed by atoms with Crippen molar-refractivity contribution < 1.29 is 18.7 Å². The van der Waals surface area contributed by atoms with Gasteiger partial charge in [0.25, 0.3) is 5.56 Å². The summed E-state index contributed by atoms with van der Waals surface area (Å²) in [6.45, 7) is 4.71. The van der Waals surface area contributed by atoms with Crippen LogP contribution in [0.3, 0.4) is 0 Å². The third-order valence-corrected chi connectivity index (χ3v) is 6.49. The Kier molecular flexibility index (Phi) is 4.95. The summed E-state index contributed by atoms with van der Waals surface area (Å²) >= 11 is 0. The zero-order valence-electron chi connectivity index (χ0n) is 19.4. The van der Waals surface area contributed by atoms with Gasteiger partial charge in [0.2, 0.25) is 5.58 Å². The zero-order valence-corrected chi connectivity index (χ0v) is 19.4. The van der Waals surface area contributed by atoms with Crippen LogP contribution in [0.25, 0.3) is 22.1 Å². The summed E-state index contributed by atoms with van der Waals surface area (Å²) in [4.78, 5) is 30.7. The predicted octanol–water partition coefficient (Wildman–Crippen LogP) is 4.28. The fraction of sp³-hybridized carbons (Fsp3) is 0.222. The Morgan fingerprint density at radius 3 is 2.71 bits per heavy atom. The van der Waals surface area contributed by atoms with E-state index in [4.69, 9.17) is 13.9 Å². The molecule has 4 heterocycles. The van der Waals surface area contributed by atoms with E-state index >= 15 is 0 Å². The molecule has 3 aromatic heterocycles. The van der Waals surface area contributed by atoms with E-state index in [-0.39, 0.29) is 29.6 Å². The minimum Gasteiger partial charge on any atom is -0.486 e. The SMILES string of the molecule is Cc1cc(C(=O)Cn2cnc3c(oc4ccccc43)c2=O)c(C)n1CC1COc2ccccc2O1. The second-order valence-electron chi connectivity index (χ2n) is 8.77. The van der Waals surface area contributed by atoms with Crippen molar-refractivity contribution >= 4 is 27.9 Å². The van der Waals surface area contributed by atoms with Crippen molar-refractivity contribution in [3.63, 3.8) is 0 Å². The van der Waals surface area contributed by atoms with Gasteiger partial charge in [-0.2, -0.15) is 0 Å². The van der Waals surface area contributed by atoms with Gasteiger partial charge >= 0.3 is 0 Å². The first-order valence-electron chi connectivity index (χ1n) is 11.4. The molecule has 0 N–H and O–H groups in total. The number of ketones is 1. The molecule has 176 valence electrons. The number of nitrogens with zero attached hydrogens (tertiary/aromatic N) is 3. The number of aryl methyl sites for hydroxylation is 1. The average molecular weight is 469 g/mol. The molecule has 1 aliphatic heterocycles. The van der Waals surface area contributed by atoms with Crippen molar-refractivity contribution in [1.82, 2.24) is 14.1 Å². The normalized spacial score (nSPS) is 15.1. The molecular weight excluding hydrogens is 446 g/mol. The van der Waals surface area contributed by atoms with Crippen molar-refractivity contribution in [2.45, 2.75) is 33.0 Å². The number of aromatic nitrogens is 3. The summed E-state index contributed by atoms with van der Waals surface area (Å²) in [5.41, 5.74) is 3.20. The van der Waals surface area contributed by atoms with E-state index < -0.39 is 0 Å². The van der Waals surface area contributed by atoms with Crippen LogP contribution in [-0.4, -0.2) is 32.6 Å². The molecule has 0 aliphatic carbocycles. The van der Waals surface area contributed by atoms with Crippen LogP contribution < -0.4 is 15.0 Å². The lowest BCUT2D eigenvalue weighted by Crippen LogP contribution is -2.33. The van der Waals surface area contributed by atoms with E-state index in [9.17, 15) is 9.59 Å². The lowest BCUT2D eigenvalue weighted by atomic mass is 10.1. The van der Waals surface area contributed by atoms with Crippen molar-refractivity contribution in [3.8, 4) is 11.5 Å². The number of hydrogen-bond acceptors (Lipinski definition) is 6. The molecule has 35 heavy (non-hydrogen) atoms. The number of carbonyl (C=O) groups excluding carboxylic acids is 1. The highest BCUT2D eigenvalue weighted by molar-refractivity contribution is 6.02. The number of benzene rings is 2. The van der Waals surface area contributed by atoms with E-state index in [2.05, 4.69) is 9.55 Å².